The summed E-state index contributed by atoms with van der Waals surface area (Å²) in [5, 5.41) is 0.741. The van der Waals surface area contributed by atoms with Gasteiger partial charge in [-0.3, -0.25) is 4.79 Å². The molecule has 1 rings (SSSR count). The summed E-state index contributed by atoms with van der Waals surface area (Å²) in [5.41, 5.74) is 1.04. The highest BCUT2D eigenvalue weighted by atomic mass is 35.5. The quantitative estimate of drug-likeness (QED) is 0.787. The van der Waals surface area contributed by atoms with Gasteiger partial charge in [-0.2, -0.15) is 0 Å². The fourth-order valence-electron chi connectivity index (χ4n) is 1.23. The maximum absolute atomic E-state index is 11.4. The van der Waals surface area contributed by atoms with E-state index in [4.69, 9.17) is 16.3 Å². The smallest absolute Gasteiger partial charge is 0.172 e. The molecule has 2 nitrogen and oxygen atoms in total. The third-order valence-corrected chi connectivity index (χ3v) is 2.79. The molecule has 0 aromatic heterocycles. The van der Waals surface area contributed by atoms with Gasteiger partial charge in [0.2, 0.25) is 0 Å². The van der Waals surface area contributed by atoms with Crippen molar-refractivity contribution in [2.45, 2.75) is 27.2 Å². The second kappa shape index (κ2) is 5.90. The maximum atomic E-state index is 11.4. The average Bonchev–Trinajstić information content (AvgIpc) is 2.27. The second-order valence-electron chi connectivity index (χ2n) is 4.02. The van der Waals surface area contributed by atoms with Crippen LogP contribution in [0.5, 0.6) is 5.75 Å². The minimum absolute atomic E-state index is 0.0120. The van der Waals surface area contributed by atoms with E-state index in [0.29, 0.717) is 5.75 Å². The number of benzene rings is 1. The van der Waals surface area contributed by atoms with E-state index >= 15 is 0 Å². The monoisotopic (exact) mass is 240 g/mol. The van der Waals surface area contributed by atoms with Crippen LogP contribution in [-0.2, 0) is 11.2 Å². The van der Waals surface area contributed by atoms with E-state index < -0.39 is 0 Å². The molecule has 1 aromatic rings. The molecule has 0 aliphatic heterocycles. The zero-order valence-electron chi connectivity index (χ0n) is 9.92. The Kier molecular flexibility index (Phi) is 4.81. The standard InChI is InChI=1S/C13H17ClO2/c1-4-10-7-11(5-6-12(10)14)16-8-13(15)9(2)3/h5-7,9H,4,8H2,1-3H3. The number of rotatable bonds is 5. The summed E-state index contributed by atoms with van der Waals surface area (Å²) in [5.74, 6) is 0.821. The summed E-state index contributed by atoms with van der Waals surface area (Å²) in [4.78, 5) is 11.4. The molecule has 0 radical (unpaired) electrons. The predicted molar refractivity (Wildman–Crippen MR) is 66.2 cm³/mol. The first-order chi connectivity index (χ1) is 7.54. The van der Waals surface area contributed by atoms with Gasteiger partial charge in [-0.25, -0.2) is 0 Å². The highest BCUT2D eigenvalue weighted by Gasteiger charge is 2.08. The summed E-state index contributed by atoms with van der Waals surface area (Å²) in [6, 6.07) is 5.47. The van der Waals surface area contributed by atoms with Crippen molar-refractivity contribution in [3.63, 3.8) is 0 Å². The highest BCUT2D eigenvalue weighted by Crippen LogP contribution is 2.22. The van der Waals surface area contributed by atoms with Crippen molar-refractivity contribution in [2.24, 2.45) is 5.92 Å². The SMILES string of the molecule is CCc1cc(OCC(=O)C(C)C)ccc1Cl. The van der Waals surface area contributed by atoms with E-state index in [9.17, 15) is 4.79 Å². The molecule has 0 heterocycles. The molecule has 0 spiro atoms. The van der Waals surface area contributed by atoms with Crippen LogP contribution < -0.4 is 4.74 Å². The van der Waals surface area contributed by atoms with E-state index in [2.05, 4.69) is 0 Å². The number of hydrogen-bond donors (Lipinski definition) is 0. The van der Waals surface area contributed by atoms with Crippen molar-refractivity contribution in [1.29, 1.82) is 0 Å². The largest absolute Gasteiger partial charge is 0.486 e. The number of hydrogen-bond acceptors (Lipinski definition) is 2. The van der Waals surface area contributed by atoms with Crippen molar-refractivity contribution < 1.29 is 9.53 Å². The summed E-state index contributed by atoms with van der Waals surface area (Å²) in [6.07, 6.45) is 0.855. The molecular weight excluding hydrogens is 224 g/mol. The van der Waals surface area contributed by atoms with Crippen molar-refractivity contribution in [2.75, 3.05) is 6.61 Å². The molecule has 0 fully saturated rings. The van der Waals surface area contributed by atoms with Crippen LogP contribution in [0.1, 0.15) is 26.3 Å². The normalized spacial score (nSPS) is 10.6. The third kappa shape index (κ3) is 3.53. The Morgan fingerprint density at radius 3 is 2.69 bits per heavy atom. The minimum atomic E-state index is 0.0120. The number of ether oxygens (including phenoxy) is 1. The number of halogens is 1. The first-order valence-electron chi connectivity index (χ1n) is 5.48. The van der Waals surface area contributed by atoms with E-state index in [1.807, 2.05) is 26.8 Å². The van der Waals surface area contributed by atoms with Gasteiger partial charge in [-0.15, -0.1) is 0 Å². The zero-order chi connectivity index (χ0) is 12.1. The first kappa shape index (κ1) is 13.0. The summed E-state index contributed by atoms with van der Waals surface area (Å²) in [7, 11) is 0. The fraction of sp³-hybridized carbons (Fsp3) is 0.462. The highest BCUT2D eigenvalue weighted by molar-refractivity contribution is 6.31. The topological polar surface area (TPSA) is 26.3 Å². The Bertz CT molecular complexity index is 372. The van der Waals surface area contributed by atoms with Crippen LogP contribution in [0.2, 0.25) is 5.02 Å². The van der Waals surface area contributed by atoms with Gasteiger partial charge in [-0.1, -0.05) is 32.4 Å². The summed E-state index contributed by atoms with van der Waals surface area (Å²) < 4.78 is 5.42. The van der Waals surface area contributed by atoms with Crippen molar-refractivity contribution in [3.8, 4) is 5.75 Å². The molecule has 0 aliphatic carbocycles. The molecule has 0 aliphatic rings. The van der Waals surface area contributed by atoms with Gasteiger partial charge in [0.05, 0.1) is 0 Å². The first-order valence-corrected chi connectivity index (χ1v) is 5.86. The lowest BCUT2D eigenvalue weighted by molar-refractivity contribution is -0.123. The number of aryl methyl sites for hydroxylation is 1. The minimum Gasteiger partial charge on any atom is -0.486 e. The van der Waals surface area contributed by atoms with Gasteiger partial charge < -0.3 is 4.74 Å². The molecule has 1 aromatic carbocycles. The van der Waals surface area contributed by atoms with E-state index in [-0.39, 0.29) is 18.3 Å². The molecule has 0 bridgehead atoms. The van der Waals surface area contributed by atoms with Crippen molar-refractivity contribution in [3.05, 3.63) is 28.8 Å². The number of Topliss-reactive ketones (excluding diaryl/α,β-unsaturated/α-hetero) is 1. The Labute approximate surface area is 102 Å². The van der Waals surface area contributed by atoms with Crippen molar-refractivity contribution in [1.82, 2.24) is 0 Å². The van der Waals surface area contributed by atoms with Crippen LogP contribution in [0.15, 0.2) is 18.2 Å². The molecule has 88 valence electrons. The van der Waals surface area contributed by atoms with E-state index in [1.54, 1.807) is 12.1 Å². The molecule has 0 N–H and O–H groups in total. The summed E-state index contributed by atoms with van der Waals surface area (Å²) in [6.45, 7) is 5.89. The Morgan fingerprint density at radius 2 is 2.12 bits per heavy atom. The Morgan fingerprint density at radius 1 is 1.44 bits per heavy atom. The Balaban J connectivity index is 2.64. The van der Waals surface area contributed by atoms with Crippen molar-refractivity contribution >= 4 is 17.4 Å². The number of carbonyl (C=O) groups excluding carboxylic acids is 1. The van der Waals surface area contributed by atoms with Gasteiger partial charge in [0.25, 0.3) is 0 Å². The van der Waals surface area contributed by atoms with Crippen LogP contribution >= 0.6 is 11.6 Å². The molecular formula is C13H17ClO2. The van der Waals surface area contributed by atoms with Gasteiger partial charge in [-0.05, 0) is 30.2 Å². The van der Waals surface area contributed by atoms with Crippen LogP contribution in [0.3, 0.4) is 0 Å². The molecule has 16 heavy (non-hydrogen) atoms. The zero-order valence-corrected chi connectivity index (χ0v) is 10.7. The van der Waals surface area contributed by atoms with Crippen LogP contribution in [0.25, 0.3) is 0 Å². The van der Waals surface area contributed by atoms with Gasteiger partial charge in [0.15, 0.2) is 5.78 Å². The molecule has 0 atom stereocenters. The summed E-state index contributed by atoms with van der Waals surface area (Å²) >= 11 is 5.99. The van der Waals surface area contributed by atoms with E-state index in [0.717, 1.165) is 17.0 Å². The molecule has 0 unspecified atom stereocenters. The second-order valence-corrected chi connectivity index (χ2v) is 4.42. The maximum Gasteiger partial charge on any atom is 0.172 e. The van der Waals surface area contributed by atoms with Gasteiger partial charge in [0, 0.05) is 10.9 Å². The van der Waals surface area contributed by atoms with Crippen LogP contribution in [0.4, 0.5) is 0 Å². The number of carbonyl (C=O) groups is 1. The Hall–Kier alpha value is -1.02. The average molecular weight is 241 g/mol. The molecule has 0 saturated carbocycles. The lowest BCUT2D eigenvalue weighted by atomic mass is 10.1. The van der Waals surface area contributed by atoms with Gasteiger partial charge in [0.1, 0.15) is 12.4 Å². The van der Waals surface area contributed by atoms with Crippen LogP contribution in [0, 0.1) is 5.92 Å². The molecule has 0 saturated heterocycles. The lowest BCUT2D eigenvalue weighted by Gasteiger charge is -2.09. The lowest BCUT2D eigenvalue weighted by Crippen LogP contribution is -2.16. The molecule has 3 heteroatoms. The van der Waals surface area contributed by atoms with Crippen LogP contribution in [-0.4, -0.2) is 12.4 Å². The van der Waals surface area contributed by atoms with E-state index in [1.165, 1.54) is 0 Å². The third-order valence-electron chi connectivity index (χ3n) is 2.42. The predicted octanol–water partition coefficient (Wildman–Crippen LogP) is 3.51. The fourth-order valence-corrected chi connectivity index (χ4v) is 1.48. The number of ketones is 1. The molecule has 0 amide bonds. The van der Waals surface area contributed by atoms with Gasteiger partial charge >= 0.3 is 0 Å².